The molecule has 0 aromatic heterocycles. The van der Waals surface area contributed by atoms with Gasteiger partial charge in [-0.05, 0) is 55.7 Å². The van der Waals surface area contributed by atoms with Gasteiger partial charge in [-0.3, -0.25) is 0 Å². The minimum Gasteiger partial charge on any atom is -0.490 e. The van der Waals surface area contributed by atoms with E-state index in [1.54, 1.807) is 0 Å². The zero-order valence-corrected chi connectivity index (χ0v) is 12.4. The molecule has 0 aliphatic heterocycles. The third kappa shape index (κ3) is 3.20. The maximum absolute atomic E-state index is 6.24. The van der Waals surface area contributed by atoms with E-state index < -0.39 is 0 Å². The van der Waals surface area contributed by atoms with Gasteiger partial charge in [-0.15, -0.1) is 11.6 Å². The molecule has 18 heavy (non-hydrogen) atoms. The first kappa shape index (κ1) is 13.7. The number of benzene rings is 1. The molecule has 0 amide bonds. The Bertz CT molecular complexity index is 391. The monoisotopic (exact) mass is 266 g/mol. The Labute approximate surface area is 115 Å². The number of hydrogen-bond donors (Lipinski definition) is 0. The summed E-state index contributed by atoms with van der Waals surface area (Å²) in [5.74, 6) is 2.44. The summed E-state index contributed by atoms with van der Waals surface area (Å²) in [4.78, 5) is 0. The van der Waals surface area contributed by atoms with E-state index in [0.717, 1.165) is 11.7 Å². The first-order valence-corrected chi connectivity index (χ1v) is 7.46. The Balaban J connectivity index is 2.13. The third-order valence-electron chi connectivity index (χ3n) is 3.85. The van der Waals surface area contributed by atoms with Crippen LogP contribution in [0.2, 0.25) is 0 Å². The van der Waals surface area contributed by atoms with E-state index in [1.807, 2.05) is 0 Å². The molecular weight excluding hydrogens is 244 g/mol. The molecule has 2 heteroatoms. The molecule has 0 heterocycles. The maximum Gasteiger partial charge on any atom is 0.125 e. The lowest BCUT2D eigenvalue weighted by molar-refractivity contribution is 0.127. The largest absolute Gasteiger partial charge is 0.490 e. The van der Waals surface area contributed by atoms with Gasteiger partial charge in [0, 0.05) is 5.88 Å². The fourth-order valence-corrected chi connectivity index (χ4v) is 3.11. The molecule has 1 aromatic carbocycles. The summed E-state index contributed by atoms with van der Waals surface area (Å²) in [7, 11) is 0. The zero-order valence-electron chi connectivity index (χ0n) is 11.6. The SMILES string of the molecule is Cc1cc(CCl)cc(C)c1OC1CCCC(C)C1. The molecule has 1 fully saturated rings. The molecule has 0 bridgehead atoms. The number of alkyl halides is 1. The number of rotatable bonds is 3. The third-order valence-corrected chi connectivity index (χ3v) is 4.16. The van der Waals surface area contributed by atoms with Crippen molar-refractivity contribution >= 4 is 11.6 Å². The van der Waals surface area contributed by atoms with E-state index in [1.165, 1.54) is 42.4 Å². The molecule has 0 spiro atoms. The number of ether oxygens (including phenoxy) is 1. The van der Waals surface area contributed by atoms with E-state index in [2.05, 4.69) is 32.9 Å². The van der Waals surface area contributed by atoms with E-state index >= 15 is 0 Å². The van der Waals surface area contributed by atoms with Crippen molar-refractivity contribution in [3.63, 3.8) is 0 Å². The molecular formula is C16H23ClO. The standard InChI is InChI=1S/C16H23ClO/c1-11-5-4-6-15(7-11)18-16-12(2)8-14(10-17)9-13(16)3/h8-9,11,15H,4-7,10H2,1-3H3. The highest BCUT2D eigenvalue weighted by Crippen LogP contribution is 2.31. The molecule has 100 valence electrons. The van der Waals surface area contributed by atoms with Crippen molar-refractivity contribution in [2.45, 2.75) is 58.4 Å². The summed E-state index contributed by atoms with van der Waals surface area (Å²) in [5.41, 5.74) is 3.60. The van der Waals surface area contributed by atoms with Gasteiger partial charge in [-0.1, -0.05) is 25.5 Å². The van der Waals surface area contributed by atoms with Crippen LogP contribution in [0.25, 0.3) is 0 Å². The zero-order chi connectivity index (χ0) is 13.1. The van der Waals surface area contributed by atoms with E-state index in [9.17, 15) is 0 Å². The van der Waals surface area contributed by atoms with Crippen LogP contribution in [0, 0.1) is 19.8 Å². The number of hydrogen-bond acceptors (Lipinski definition) is 1. The van der Waals surface area contributed by atoms with Crippen molar-refractivity contribution in [3.05, 3.63) is 28.8 Å². The average molecular weight is 267 g/mol. The lowest BCUT2D eigenvalue weighted by atomic mass is 9.88. The lowest BCUT2D eigenvalue weighted by Crippen LogP contribution is -2.24. The van der Waals surface area contributed by atoms with Gasteiger partial charge in [-0.2, -0.15) is 0 Å². The highest BCUT2D eigenvalue weighted by molar-refractivity contribution is 6.17. The van der Waals surface area contributed by atoms with Gasteiger partial charge in [-0.25, -0.2) is 0 Å². The van der Waals surface area contributed by atoms with Crippen LogP contribution < -0.4 is 4.74 Å². The quantitative estimate of drug-likeness (QED) is 0.700. The van der Waals surface area contributed by atoms with Crippen molar-refractivity contribution in [1.82, 2.24) is 0 Å². The Morgan fingerprint density at radius 2 is 1.89 bits per heavy atom. The summed E-state index contributed by atoms with van der Waals surface area (Å²) in [6.07, 6.45) is 5.43. The predicted molar refractivity (Wildman–Crippen MR) is 77.5 cm³/mol. The van der Waals surface area contributed by atoms with Crippen molar-refractivity contribution in [2.24, 2.45) is 5.92 Å². The molecule has 2 rings (SSSR count). The number of halogens is 1. The first-order valence-electron chi connectivity index (χ1n) is 6.93. The van der Waals surface area contributed by atoms with Crippen LogP contribution in [0.5, 0.6) is 5.75 Å². The Kier molecular flexibility index (Phi) is 4.55. The summed E-state index contributed by atoms with van der Waals surface area (Å²) in [6.45, 7) is 6.56. The fourth-order valence-electron chi connectivity index (χ4n) is 2.96. The molecule has 0 N–H and O–H groups in total. The second-order valence-electron chi connectivity index (χ2n) is 5.70. The summed E-state index contributed by atoms with van der Waals surface area (Å²) in [6, 6.07) is 4.28. The lowest BCUT2D eigenvalue weighted by Gasteiger charge is -2.28. The smallest absolute Gasteiger partial charge is 0.125 e. The van der Waals surface area contributed by atoms with E-state index in [0.29, 0.717) is 12.0 Å². The first-order chi connectivity index (χ1) is 8.60. The van der Waals surface area contributed by atoms with Crippen LogP contribution in [-0.4, -0.2) is 6.10 Å². The summed E-state index contributed by atoms with van der Waals surface area (Å²) < 4.78 is 6.24. The highest BCUT2D eigenvalue weighted by atomic mass is 35.5. The molecule has 2 unspecified atom stereocenters. The summed E-state index contributed by atoms with van der Waals surface area (Å²) >= 11 is 5.89. The van der Waals surface area contributed by atoms with Crippen LogP contribution in [0.15, 0.2) is 12.1 Å². The van der Waals surface area contributed by atoms with Crippen molar-refractivity contribution < 1.29 is 4.74 Å². The van der Waals surface area contributed by atoms with Gasteiger partial charge < -0.3 is 4.74 Å². The summed E-state index contributed by atoms with van der Waals surface area (Å²) in [5, 5.41) is 0. The van der Waals surface area contributed by atoms with Gasteiger partial charge in [0.2, 0.25) is 0 Å². The molecule has 1 saturated carbocycles. The van der Waals surface area contributed by atoms with E-state index in [-0.39, 0.29) is 0 Å². The second-order valence-corrected chi connectivity index (χ2v) is 5.97. The van der Waals surface area contributed by atoms with E-state index in [4.69, 9.17) is 16.3 Å². The van der Waals surface area contributed by atoms with Crippen LogP contribution in [0.1, 0.15) is 49.3 Å². The van der Waals surface area contributed by atoms with Crippen LogP contribution in [0.3, 0.4) is 0 Å². The Morgan fingerprint density at radius 1 is 1.22 bits per heavy atom. The molecule has 1 aliphatic rings. The normalized spacial score (nSPS) is 24.0. The van der Waals surface area contributed by atoms with Gasteiger partial charge in [0.1, 0.15) is 5.75 Å². The molecule has 0 saturated heterocycles. The van der Waals surface area contributed by atoms with Crippen molar-refractivity contribution in [2.75, 3.05) is 0 Å². The van der Waals surface area contributed by atoms with Crippen LogP contribution in [-0.2, 0) is 5.88 Å². The fraction of sp³-hybridized carbons (Fsp3) is 0.625. The highest BCUT2D eigenvalue weighted by Gasteiger charge is 2.21. The minimum absolute atomic E-state index is 0.396. The van der Waals surface area contributed by atoms with Gasteiger partial charge in [0.05, 0.1) is 6.10 Å². The molecule has 1 aromatic rings. The average Bonchev–Trinajstić information content (AvgIpc) is 2.33. The van der Waals surface area contributed by atoms with Gasteiger partial charge in [0.25, 0.3) is 0 Å². The van der Waals surface area contributed by atoms with Crippen molar-refractivity contribution in [1.29, 1.82) is 0 Å². The van der Waals surface area contributed by atoms with Gasteiger partial charge >= 0.3 is 0 Å². The Morgan fingerprint density at radius 3 is 2.44 bits per heavy atom. The Hall–Kier alpha value is -0.690. The number of aryl methyl sites for hydroxylation is 2. The van der Waals surface area contributed by atoms with Crippen molar-refractivity contribution in [3.8, 4) is 5.75 Å². The minimum atomic E-state index is 0.396. The molecule has 0 radical (unpaired) electrons. The predicted octanol–water partition coefficient (Wildman–Crippen LogP) is 5.00. The second kappa shape index (κ2) is 5.97. The van der Waals surface area contributed by atoms with Crippen LogP contribution in [0.4, 0.5) is 0 Å². The molecule has 2 atom stereocenters. The molecule has 1 nitrogen and oxygen atoms in total. The van der Waals surface area contributed by atoms with Gasteiger partial charge in [0.15, 0.2) is 0 Å². The molecule has 1 aliphatic carbocycles. The van der Waals surface area contributed by atoms with Crippen LogP contribution >= 0.6 is 11.6 Å². The maximum atomic E-state index is 6.24. The topological polar surface area (TPSA) is 9.23 Å².